The van der Waals surface area contributed by atoms with E-state index >= 15 is 0 Å². The molecule has 0 heterocycles. The molecule has 3 nitrogen and oxygen atoms in total. The number of carbonyl (C=O) groups excluding carboxylic acids is 1. The lowest BCUT2D eigenvalue weighted by Gasteiger charge is -2.19. The highest BCUT2D eigenvalue weighted by atomic mass is 19.4. The van der Waals surface area contributed by atoms with Crippen LogP contribution in [-0.4, -0.2) is 17.4 Å². The minimum atomic E-state index is -5.56. The molecule has 0 fully saturated rings. The van der Waals surface area contributed by atoms with Crippen molar-refractivity contribution in [3.8, 4) is 0 Å². The Balaban J connectivity index is 3.88. The van der Waals surface area contributed by atoms with Gasteiger partial charge in [-0.15, -0.1) is 0 Å². The highest BCUT2D eigenvalue weighted by Gasteiger charge is 2.47. The van der Waals surface area contributed by atoms with Gasteiger partial charge in [0.2, 0.25) is 0 Å². The van der Waals surface area contributed by atoms with Gasteiger partial charge in [0.25, 0.3) is 0 Å². The summed E-state index contributed by atoms with van der Waals surface area (Å²) in [4.78, 5) is 21.0. The molecular formula is C10H4F6O3. The molecule has 0 aliphatic rings. The number of aldehydes is 1. The van der Waals surface area contributed by atoms with Crippen molar-refractivity contribution in [2.24, 2.45) is 0 Å². The lowest BCUT2D eigenvalue weighted by Crippen LogP contribution is -2.23. The van der Waals surface area contributed by atoms with E-state index in [0.29, 0.717) is 12.1 Å². The van der Waals surface area contributed by atoms with E-state index < -0.39 is 46.9 Å². The third-order valence-corrected chi connectivity index (χ3v) is 2.16. The Morgan fingerprint density at radius 1 is 1.00 bits per heavy atom. The molecule has 0 saturated heterocycles. The SMILES string of the molecule is O=Cc1ccc(C(=O)O)c(C(F)(F)F)c1C(F)(F)F. The summed E-state index contributed by atoms with van der Waals surface area (Å²) in [5.74, 6) is -2.17. The number of aromatic carboxylic acids is 1. The van der Waals surface area contributed by atoms with Crippen molar-refractivity contribution in [2.75, 3.05) is 0 Å². The van der Waals surface area contributed by atoms with Crippen LogP contribution in [0, 0.1) is 0 Å². The summed E-state index contributed by atoms with van der Waals surface area (Å²) in [6.07, 6.45) is -11.5. The molecule has 0 unspecified atom stereocenters. The molecule has 0 saturated carbocycles. The van der Waals surface area contributed by atoms with Crippen molar-refractivity contribution in [3.05, 3.63) is 34.4 Å². The van der Waals surface area contributed by atoms with Gasteiger partial charge in [-0.2, -0.15) is 26.3 Å². The van der Waals surface area contributed by atoms with Gasteiger partial charge in [0.15, 0.2) is 6.29 Å². The van der Waals surface area contributed by atoms with Crippen LogP contribution in [0.1, 0.15) is 31.8 Å². The topological polar surface area (TPSA) is 54.4 Å². The standard InChI is InChI=1S/C10H4F6O3/c11-9(12,13)6-4(3-17)1-2-5(8(18)19)7(6)10(14,15)16/h1-3H,(H,18,19). The Morgan fingerprint density at radius 2 is 1.47 bits per heavy atom. The normalized spacial score (nSPS) is 12.3. The molecule has 104 valence electrons. The van der Waals surface area contributed by atoms with E-state index in [9.17, 15) is 35.9 Å². The van der Waals surface area contributed by atoms with Gasteiger partial charge in [0.1, 0.15) is 0 Å². The molecule has 1 aromatic rings. The molecule has 0 aliphatic heterocycles. The number of rotatable bonds is 2. The van der Waals surface area contributed by atoms with Crippen LogP contribution in [0.2, 0.25) is 0 Å². The van der Waals surface area contributed by atoms with Crippen molar-refractivity contribution in [1.29, 1.82) is 0 Å². The number of benzene rings is 1. The van der Waals surface area contributed by atoms with Crippen LogP contribution in [0.3, 0.4) is 0 Å². The number of alkyl halides is 6. The molecule has 1 aromatic carbocycles. The molecule has 19 heavy (non-hydrogen) atoms. The van der Waals surface area contributed by atoms with Crippen LogP contribution < -0.4 is 0 Å². The van der Waals surface area contributed by atoms with E-state index in [4.69, 9.17) is 5.11 Å². The number of hydrogen-bond acceptors (Lipinski definition) is 2. The highest BCUT2D eigenvalue weighted by molar-refractivity contribution is 5.92. The molecule has 0 aromatic heterocycles. The minimum absolute atomic E-state index is 0.310. The molecule has 1 N–H and O–H groups in total. The molecule has 0 atom stereocenters. The highest BCUT2D eigenvalue weighted by Crippen LogP contribution is 2.43. The van der Waals surface area contributed by atoms with Crippen molar-refractivity contribution in [3.63, 3.8) is 0 Å². The van der Waals surface area contributed by atoms with Crippen LogP contribution in [0.4, 0.5) is 26.3 Å². The Kier molecular flexibility index (Phi) is 3.60. The minimum Gasteiger partial charge on any atom is -0.478 e. The fraction of sp³-hybridized carbons (Fsp3) is 0.200. The van der Waals surface area contributed by atoms with E-state index in [-0.39, 0.29) is 0 Å². The molecule has 0 spiro atoms. The van der Waals surface area contributed by atoms with E-state index in [1.165, 1.54) is 0 Å². The Labute approximate surface area is 101 Å². The molecule has 1 rings (SSSR count). The Morgan fingerprint density at radius 3 is 1.79 bits per heavy atom. The average Bonchev–Trinajstić information content (AvgIpc) is 2.24. The summed E-state index contributed by atoms with van der Waals surface area (Å²) in [6, 6.07) is 0.693. The molecular weight excluding hydrogens is 282 g/mol. The van der Waals surface area contributed by atoms with Gasteiger partial charge < -0.3 is 5.11 Å². The van der Waals surface area contributed by atoms with E-state index in [1.807, 2.05) is 0 Å². The molecule has 0 aliphatic carbocycles. The Bertz CT molecular complexity index is 529. The summed E-state index contributed by atoms with van der Waals surface area (Å²) >= 11 is 0. The maximum absolute atomic E-state index is 12.6. The second-order valence-electron chi connectivity index (χ2n) is 3.37. The maximum atomic E-state index is 12.6. The predicted octanol–water partition coefficient (Wildman–Crippen LogP) is 3.23. The third-order valence-electron chi connectivity index (χ3n) is 2.16. The molecule has 9 heteroatoms. The van der Waals surface area contributed by atoms with Gasteiger partial charge in [-0.05, 0) is 6.07 Å². The number of carboxylic acid groups (broad SMARTS) is 1. The summed E-state index contributed by atoms with van der Waals surface area (Å²) in [7, 11) is 0. The first-order valence-corrected chi connectivity index (χ1v) is 4.50. The smallest absolute Gasteiger partial charge is 0.417 e. The fourth-order valence-corrected chi connectivity index (χ4v) is 1.50. The second kappa shape index (κ2) is 4.56. The fourth-order valence-electron chi connectivity index (χ4n) is 1.50. The van der Waals surface area contributed by atoms with Crippen LogP contribution in [0.15, 0.2) is 12.1 Å². The zero-order chi connectivity index (χ0) is 15.0. The number of carboxylic acids is 1. The number of carbonyl (C=O) groups is 2. The van der Waals surface area contributed by atoms with Gasteiger partial charge >= 0.3 is 18.3 Å². The van der Waals surface area contributed by atoms with Crippen molar-refractivity contribution >= 4 is 12.3 Å². The molecule has 0 amide bonds. The van der Waals surface area contributed by atoms with Gasteiger partial charge in [-0.25, -0.2) is 4.79 Å². The predicted molar refractivity (Wildman–Crippen MR) is 48.8 cm³/mol. The van der Waals surface area contributed by atoms with Crippen LogP contribution >= 0.6 is 0 Å². The zero-order valence-corrected chi connectivity index (χ0v) is 8.76. The average molecular weight is 286 g/mol. The lowest BCUT2D eigenvalue weighted by atomic mass is 9.95. The molecule has 0 radical (unpaired) electrons. The summed E-state index contributed by atoms with van der Waals surface area (Å²) in [5, 5.41) is 8.53. The summed E-state index contributed by atoms with van der Waals surface area (Å²) in [5.41, 5.74) is -7.51. The maximum Gasteiger partial charge on any atom is 0.417 e. The van der Waals surface area contributed by atoms with Gasteiger partial charge in [0.05, 0.1) is 16.7 Å². The van der Waals surface area contributed by atoms with Crippen molar-refractivity contribution in [2.45, 2.75) is 12.4 Å². The number of hydrogen-bond donors (Lipinski definition) is 1. The first-order chi connectivity index (χ1) is 8.50. The van der Waals surface area contributed by atoms with Crippen molar-refractivity contribution in [1.82, 2.24) is 0 Å². The first-order valence-electron chi connectivity index (χ1n) is 4.50. The third kappa shape index (κ3) is 2.85. The van der Waals surface area contributed by atoms with E-state index in [2.05, 4.69) is 0 Å². The first kappa shape index (κ1) is 15.0. The zero-order valence-electron chi connectivity index (χ0n) is 8.76. The molecule has 0 bridgehead atoms. The largest absolute Gasteiger partial charge is 0.478 e. The van der Waals surface area contributed by atoms with E-state index in [0.717, 1.165) is 0 Å². The quantitative estimate of drug-likeness (QED) is 0.670. The number of halogens is 6. The second-order valence-corrected chi connectivity index (χ2v) is 3.37. The monoisotopic (exact) mass is 286 g/mol. The van der Waals surface area contributed by atoms with Gasteiger partial charge in [-0.1, -0.05) is 6.07 Å². The summed E-state index contributed by atoms with van der Waals surface area (Å²) < 4.78 is 75.8. The van der Waals surface area contributed by atoms with Gasteiger partial charge in [0, 0.05) is 5.56 Å². The van der Waals surface area contributed by atoms with E-state index in [1.54, 1.807) is 0 Å². The Hall–Kier alpha value is -2.06. The summed E-state index contributed by atoms with van der Waals surface area (Å²) in [6.45, 7) is 0. The van der Waals surface area contributed by atoms with Crippen LogP contribution in [-0.2, 0) is 12.4 Å². The van der Waals surface area contributed by atoms with Crippen LogP contribution in [0.5, 0.6) is 0 Å². The van der Waals surface area contributed by atoms with Crippen LogP contribution in [0.25, 0.3) is 0 Å². The van der Waals surface area contributed by atoms with Crippen molar-refractivity contribution < 1.29 is 41.0 Å². The van der Waals surface area contributed by atoms with Gasteiger partial charge in [-0.3, -0.25) is 4.79 Å². The lowest BCUT2D eigenvalue weighted by molar-refractivity contribution is -0.162.